The van der Waals surface area contributed by atoms with Crippen molar-refractivity contribution in [1.82, 2.24) is 19.4 Å². The Hall–Kier alpha value is -3.74. The largest absolute Gasteiger partial charge is 0.338 e. The molecule has 3 aromatic rings. The van der Waals surface area contributed by atoms with Crippen molar-refractivity contribution in [1.29, 1.82) is 0 Å². The first-order valence-corrected chi connectivity index (χ1v) is 11.3. The highest BCUT2D eigenvalue weighted by molar-refractivity contribution is 6.10. The standard InChI is InChI=1S/C26H26N4O3/c31-23(29-12-10-20-6-4-5-7-21(20)18-29)16-26(22-8-2-1-3-9-22)17-24(32)30(25(26)33)15-14-28-13-11-27-19-28/h1-9,11,13,19H,10,12,14-18H2/t26-/m0/s1. The summed E-state index contributed by atoms with van der Waals surface area (Å²) in [6.07, 6.45) is 5.92. The van der Waals surface area contributed by atoms with Gasteiger partial charge in [0.25, 0.3) is 0 Å². The SMILES string of the molecule is O=C(C[C@@]1(c2ccccc2)CC(=O)N(CCn2ccnc2)C1=O)N1CCc2ccccc2C1. The third-order valence-electron chi connectivity index (χ3n) is 6.81. The van der Waals surface area contributed by atoms with Crippen LogP contribution in [0.2, 0.25) is 0 Å². The predicted molar refractivity (Wildman–Crippen MR) is 122 cm³/mol. The van der Waals surface area contributed by atoms with Gasteiger partial charge in [-0.2, -0.15) is 0 Å². The van der Waals surface area contributed by atoms with Crippen LogP contribution in [0.3, 0.4) is 0 Å². The molecule has 2 aliphatic heterocycles. The molecule has 1 atom stereocenters. The average Bonchev–Trinajstić information content (AvgIpc) is 3.45. The third kappa shape index (κ3) is 3.95. The van der Waals surface area contributed by atoms with E-state index in [1.807, 2.05) is 58.0 Å². The number of carbonyl (C=O) groups is 3. The van der Waals surface area contributed by atoms with E-state index in [0.29, 0.717) is 19.6 Å². The lowest BCUT2D eigenvalue weighted by Gasteiger charge is -2.33. The number of carbonyl (C=O) groups excluding carboxylic acids is 3. The first-order chi connectivity index (χ1) is 16.1. The Kier molecular flexibility index (Phi) is 5.54. The Morgan fingerprint density at radius 1 is 0.970 bits per heavy atom. The minimum atomic E-state index is -1.17. The number of hydrogen-bond donors (Lipinski definition) is 0. The van der Waals surface area contributed by atoms with Gasteiger partial charge in [0, 0.05) is 51.4 Å². The highest BCUT2D eigenvalue weighted by atomic mass is 16.2. The van der Waals surface area contributed by atoms with Gasteiger partial charge in [-0.25, -0.2) is 4.98 Å². The molecule has 2 aromatic carbocycles. The zero-order valence-electron chi connectivity index (χ0n) is 18.4. The number of benzene rings is 2. The van der Waals surface area contributed by atoms with E-state index >= 15 is 0 Å². The fourth-order valence-electron chi connectivity index (χ4n) is 4.96. The second-order valence-corrected chi connectivity index (χ2v) is 8.79. The van der Waals surface area contributed by atoms with Crippen LogP contribution in [-0.4, -0.2) is 50.2 Å². The van der Waals surface area contributed by atoms with Gasteiger partial charge in [-0.3, -0.25) is 19.3 Å². The molecule has 7 heteroatoms. The molecule has 33 heavy (non-hydrogen) atoms. The molecule has 3 heterocycles. The molecule has 1 fully saturated rings. The Morgan fingerprint density at radius 2 is 1.73 bits per heavy atom. The van der Waals surface area contributed by atoms with Crippen LogP contribution in [0, 0.1) is 0 Å². The van der Waals surface area contributed by atoms with E-state index in [-0.39, 0.29) is 37.1 Å². The molecular formula is C26H26N4O3. The first kappa shape index (κ1) is 21.1. The average molecular weight is 443 g/mol. The van der Waals surface area contributed by atoms with Crippen LogP contribution in [0.25, 0.3) is 0 Å². The number of hydrogen-bond acceptors (Lipinski definition) is 4. The molecule has 5 rings (SSSR count). The quantitative estimate of drug-likeness (QED) is 0.550. The van der Waals surface area contributed by atoms with Gasteiger partial charge in [0.05, 0.1) is 11.7 Å². The number of imide groups is 1. The van der Waals surface area contributed by atoms with E-state index in [4.69, 9.17) is 0 Å². The molecule has 3 amide bonds. The number of amides is 3. The summed E-state index contributed by atoms with van der Waals surface area (Å²) in [6, 6.07) is 17.4. The summed E-state index contributed by atoms with van der Waals surface area (Å²) < 4.78 is 1.83. The molecule has 0 spiro atoms. The van der Waals surface area contributed by atoms with E-state index in [1.165, 1.54) is 10.5 Å². The van der Waals surface area contributed by atoms with Gasteiger partial charge in [0.2, 0.25) is 17.7 Å². The number of aromatic nitrogens is 2. The lowest BCUT2D eigenvalue weighted by Crippen LogP contribution is -2.45. The molecule has 0 unspecified atom stereocenters. The second kappa shape index (κ2) is 8.65. The van der Waals surface area contributed by atoms with Crippen molar-refractivity contribution in [3.8, 4) is 0 Å². The van der Waals surface area contributed by atoms with Gasteiger partial charge in [-0.05, 0) is 23.1 Å². The van der Waals surface area contributed by atoms with Crippen molar-refractivity contribution in [2.45, 2.75) is 37.8 Å². The van der Waals surface area contributed by atoms with Gasteiger partial charge in [-0.1, -0.05) is 54.6 Å². The molecule has 168 valence electrons. The van der Waals surface area contributed by atoms with Crippen LogP contribution in [0.1, 0.15) is 29.5 Å². The molecule has 0 bridgehead atoms. The van der Waals surface area contributed by atoms with Gasteiger partial charge >= 0.3 is 0 Å². The Bertz CT molecular complexity index is 1180. The van der Waals surface area contributed by atoms with E-state index < -0.39 is 5.41 Å². The number of nitrogens with zero attached hydrogens (tertiary/aromatic N) is 4. The van der Waals surface area contributed by atoms with Crippen molar-refractivity contribution in [3.05, 3.63) is 90.0 Å². The molecule has 1 saturated heterocycles. The number of imidazole rings is 1. The summed E-state index contributed by atoms with van der Waals surface area (Å²) in [5.74, 6) is -0.615. The number of fused-ring (bicyclic) bond motifs is 1. The van der Waals surface area contributed by atoms with E-state index in [9.17, 15) is 14.4 Å². The third-order valence-corrected chi connectivity index (χ3v) is 6.81. The van der Waals surface area contributed by atoms with Crippen LogP contribution in [0.5, 0.6) is 0 Å². The van der Waals surface area contributed by atoms with E-state index in [0.717, 1.165) is 17.5 Å². The Labute approximate surface area is 192 Å². The second-order valence-electron chi connectivity index (χ2n) is 8.79. The lowest BCUT2D eigenvalue weighted by molar-refractivity contribution is -0.143. The zero-order chi connectivity index (χ0) is 22.8. The summed E-state index contributed by atoms with van der Waals surface area (Å²) in [4.78, 5) is 47.4. The van der Waals surface area contributed by atoms with Crippen LogP contribution in [-0.2, 0) is 39.3 Å². The fraction of sp³-hybridized carbons (Fsp3) is 0.308. The maximum atomic E-state index is 13.7. The van der Waals surface area contributed by atoms with Crippen molar-refractivity contribution in [3.63, 3.8) is 0 Å². The van der Waals surface area contributed by atoms with Crippen LogP contribution in [0.4, 0.5) is 0 Å². The van der Waals surface area contributed by atoms with Crippen molar-refractivity contribution in [2.24, 2.45) is 0 Å². The molecule has 2 aliphatic rings. The van der Waals surface area contributed by atoms with Crippen LogP contribution >= 0.6 is 0 Å². The lowest BCUT2D eigenvalue weighted by atomic mass is 9.75. The molecule has 7 nitrogen and oxygen atoms in total. The summed E-state index contributed by atoms with van der Waals surface area (Å²) in [5.41, 5.74) is 1.96. The molecule has 1 aromatic heterocycles. The monoisotopic (exact) mass is 442 g/mol. The van der Waals surface area contributed by atoms with Gasteiger partial charge in [0.15, 0.2) is 0 Å². The van der Waals surface area contributed by atoms with E-state index in [2.05, 4.69) is 11.1 Å². The molecule has 0 aliphatic carbocycles. The summed E-state index contributed by atoms with van der Waals surface area (Å²) in [7, 11) is 0. The highest BCUT2D eigenvalue weighted by Crippen LogP contribution is 2.40. The molecular weight excluding hydrogens is 416 g/mol. The Morgan fingerprint density at radius 3 is 2.48 bits per heavy atom. The smallest absolute Gasteiger partial charge is 0.240 e. The normalized spacial score (nSPS) is 20.2. The van der Waals surface area contributed by atoms with Crippen molar-refractivity contribution < 1.29 is 14.4 Å². The van der Waals surface area contributed by atoms with Crippen molar-refractivity contribution >= 4 is 17.7 Å². The van der Waals surface area contributed by atoms with Gasteiger partial charge < -0.3 is 9.47 Å². The van der Waals surface area contributed by atoms with Crippen LogP contribution < -0.4 is 0 Å². The molecule has 0 radical (unpaired) electrons. The fourth-order valence-corrected chi connectivity index (χ4v) is 4.96. The summed E-state index contributed by atoms with van der Waals surface area (Å²) in [6.45, 7) is 1.88. The number of likely N-dealkylation sites (tertiary alicyclic amines) is 1. The minimum absolute atomic E-state index is 0.00860. The number of rotatable bonds is 6. The zero-order valence-corrected chi connectivity index (χ0v) is 18.4. The predicted octanol–water partition coefficient (Wildman–Crippen LogP) is 2.56. The minimum Gasteiger partial charge on any atom is -0.338 e. The van der Waals surface area contributed by atoms with Crippen molar-refractivity contribution in [2.75, 3.05) is 13.1 Å². The maximum Gasteiger partial charge on any atom is 0.240 e. The highest BCUT2D eigenvalue weighted by Gasteiger charge is 2.54. The van der Waals surface area contributed by atoms with Gasteiger partial charge in [0.1, 0.15) is 0 Å². The maximum absolute atomic E-state index is 13.7. The summed E-state index contributed by atoms with van der Waals surface area (Å²) >= 11 is 0. The molecule has 0 N–H and O–H groups in total. The Balaban J connectivity index is 1.40. The summed E-state index contributed by atoms with van der Waals surface area (Å²) in [5, 5.41) is 0. The van der Waals surface area contributed by atoms with Crippen LogP contribution in [0.15, 0.2) is 73.3 Å². The first-order valence-electron chi connectivity index (χ1n) is 11.3. The van der Waals surface area contributed by atoms with E-state index in [1.54, 1.807) is 18.7 Å². The topological polar surface area (TPSA) is 75.5 Å². The van der Waals surface area contributed by atoms with Gasteiger partial charge in [-0.15, -0.1) is 0 Å². The molecule has 0 saturated carbocycles.